The van der Waals surface area contributed by atoms with Crippen molar-refractivity contribution in [3.63, 3.8) is 0 Å². The van der Waals surface area contributed by atoms with Crippen molar-refractivity contribution in [1.29, 1.82) is 0 Å². The summed E-state index contributed by atoms with van der Waals surface area (Å²) in [7, 11) is 1.94. The Morgan fingerprint density at radius 2 is 1.96 bits per heavy atom. The molecule has 3 heteroatoms. The molecule has 23 heavy (non-hydrogen) atoms. The van der Waals surface area contributed by atoms with E-state index < -0.39 is 0 Å². The summed E-state index contributed by atoms with van der Waals surface area (Å²) in [4.78, 5) is 12.1. The Labute approximate surface area is 137 Å². The average Bonchev–Trinajstić information content (AvgIpc) is 2.60. The fourth-order valence-electron chi connectivity index (χ4n) is 3.08. The first kappa shape index (κ1) is 15.8. The highest BCUT2D eigenvalue weighted by atomic mass is 16.5. The molecule has 0 heterocycles. The average molecular weight is 309 g/mol. The molecular formula is C20H23NO2. The SMILES string of the molecule is CNCCC(Oc1ccc2c(c1)C(=O)CCC2)c1ccccc1. The third kappa shape index (κ3) is 3.80. The Balaban J connectivity index is 1.82. The second-order valence-electron chi connectivity index (χ2n) is 6.01. The molecule has 0 bridgehead atoms. The quantitative estimate of drug-likeness (QED) is 0.878. The number of fused-ring (bicyclic) bond motifs is 1. The van der Waals surface area contributed by atoms with Crippen molar-refractivity contribution >= 4 is 5.78 Å². The van der Waals surface area contributed by atoms with Crippen LogP contribution in [0.25, 0.3) is 0 Å². The summed E-state index contributed by atoms with van der Waals surface area (Å²) in [5.74, 6) is 1.02. The van der Waals surface area contributed by atoms with Crippen molar-refractivity contribution in [2.24, 2.45) is 0 Å². The van der Waals surface area contributed by atoms with Gasteiger partial charge in [0.25, 0.3) is 0 Å². The molecule has 0 aliphatic heterocycles. The van der Waals surface area contributed by atoms with E-state index in [1.54, 1.807) is 0 Å². The van der Waals surface area contributed by atoms with E-state index in [0.29, 0.717) is 6.42 Å². The van der Waals surface area contributed by atoms with Crippen LogP contribution in [0.5, 0.6) is 5.75 Å². The van der Waals surface area contributed by atoms with Crippen molar-refractivity contribution in [3.8, 4) is 5.75 Å². The Morgan fingerprint density at radius 3 is 2.74 bits per heavy atom. The zero-order valence-corrected chi connectivity index (χ0v) is 13.5. The largest absolute Gasteiger partial charge is 0.486 e. The molecule has 1 unspecified atom stereocenters. The number of carbonyl (C=O) groups is 1. The van der Waals surface area contributed by atoms with E-state index >= 15 is 0 Å². The van der Waals surface area contributed by atoms with E-state index in [1.807, 2.05) is 43.4 Å². The van der Waals surface area contributed by atoms with Gasteiger partial charge in [0.1, 0.15) is 11.9 Å². The number of benzene rings is 2. The third-order valence-corrected chi connectivity index (χ3v) is 4.34. The molecule has 0 aromatic heterocycles. The molecule has 1 N–H and O–H groups in total. The zero-order chi connectivity index (χ0) is 16.1. The number of nitrogens with one attached hydrogen (secondary N) is 1. The van der Waals surface area contributed by atoms with Gasteiger partial charge in [0.15, 0.2) is 5.78 Å². The summed E-state index contributed by atoms with van der Waals surface area (Å²) in [6.07, 6.45) is 3.47. The topological polar surface area (TPSA) is 38.3 Å². The highest BCUT2D eigenvalue weighted by Gasteiger charge is 2.19. The van der Waals surface area contributed by atoms with Gasteiger partial charge in [0, 0.05) is 18.4 Å². The van der Waals surface area contributed by atoms with Crippen LogP contribution in [-0.2, 0) is 6.42 Å². The molecule has 0 saturated heterocycles. The van der Waals surface area contributed by atoms with Crippen molar-refractivity contribution < 1.29 is 9.53 Å². The predicted molar refractivity (Wildman–Crippen MR) is 92.1 cm³/mol. The van der Waals surface area contributed by atoms with E-state index in [0.717, 1.165) is 48.2 Å². The second-order valence-corrected chi connectivity index (χ2v) is 6.01. The highest BCUT2D eigenvalue weighted by molar-refractivity contribution is 5.98. The van der Waals surface area contributed by atoms with Crippen molar-refractivity contribution in [1.82, 2.24) is 5.32 Å². The first-order chi connectivity index (χ1) is 11.3. The fraction of sp³-hybridized carbons (Fsp3) is 0.350. The van der Waals surface area contributed by atoms with Crippen LogP contribution in [0.2, 0.25) is 0 Å². The van der Waals surface area contributed by atoms with Crippen LogP contribution in [0, 0.1) is 0 Å². The molecule has 1 atom stereocenters. The number of Topliss-reactive ketones (excluding diaryl/α,β-unsaturated/α-hetero) is 1. The summed E-state index contributed by atoms with van der Waals surface area (Å²) in [5.41, 5.74) is 3.15. The Kier molecular flexibility index (Phi) is 5.09. The van der Waals surface area contributed by atoms with Gasteiger partial charge in [-0.3, -0.25) is 4.79 Å². The summed E-state index contributed by atoms with van der Waals surface area (Å²) in [6.45, 7) is 0.878. The summed E-state index contributed by atoms with van der Waals surface area (Å²) >= 11 is 0. The number of hydrogen-bond donors (Lipinski definition) is 1. The minimum atomic E-state index is -0.0135. The van der Waals surface area contributed by atoms with E-state index in [4.69, 9.17) is 4.74 Å². The van der Waals surface area contributed by atoms with E-state index in [2.05, 4.69) is 17.4 Å². The zero-order valence-electron chi connectivity index (χ0n) is 13.5. The molecule has 0 fully saturated rings. The van der Waals surface area contributed by atoms with Crippen LogP contribution in [0.1, 0.15) is 46.9 Å². The van der Waals surface area contributed by atoms with Gasteiger partial charge in [0.2, 0.25) is 0 Å². The monoisotopic (exact) mass is 309 g/mol. The maximum atomic E-state index is 12.1. The molecule has 0 amide bonds. The smallest absolute Gasteiger partial charge is 0.163 e. The summed E-state index contributed by atoms with van der Waals surface area (Å²) < 4.78 is 6.22. The number of ether oxygens (including phenoxy) is 1. The van der Waals surface area contributed by atoms with Crippen molar-refractivity contribution in [3.05, 3.63) is 65.2 Å². The molecule has 0 saturated carbocycles. The molecular weight excluding hydrogens is 286 g/mol. The van der Waals surface area contributed by atoms with Gasteiger partial charge in [-0.1, -0.05) is 36.4 Å². The molecule has 1 aliphatic carbocycles. The van der Waals surface area contributed by atoms with Gasteiger partial charge >= 0.3 is 0 Å². The number of carbonyl (C=O) groups excluding carboxylic acids is 1. The van der Waals surface area contributed by atoms with Crippen LogP contribution in [0.4, 0.5) is 0 Å². The number of ketones is 1. The van der Waals surface area contributed by atoms with Crippen LogP contribution < -0.4 is 10.1 Å². The summed E-state index contributed by atoms with van der Waals surface area (Å²) in [5, 5.41) is 3.18. The molecule has 3 nitrogen and oxygen atoms in total. The molecule has 2 aromatic rings. The Morgan fingerprint density at radius 1 is 1.13 bits per heavy atom. The van der Waals surface area contributed by atoms with Gasteiger partial charge in [-0.15, -0.1) is 0 Å². The van der Waals surface area contributed by atoms with Crippen LogP contribution in [0.3, 0.4) is 0 Å². The maximum Gasteiger partial charge on any atom is 0.163 e. The van der Waals surface area contributed by atoms with Crippen molar-refractivity contribution in [2.75, 3.05) is 13.6 Å². The first-order valence-corrected chi connectivity index (χ1v) is 8.30. The normalized spacial score (nSPS) is 15.1. The van der Waals surface area contributed by atoms with E-state index in [1.165, 1.54) is 0 Å². The minimum Gasteiger partial charge on any atom is -0.486 e. The number of hydrogen-bond acceptors (Lipinski definition) is 3. The Bertz CT molecular complexity index is 667. The number of aryl methyl sites for hydroxylation is 1. The molecule has 2 aromatic carbocycles. The second kappa shape index (κ2) is 7.42. The standard InChI is InChI=1S/C20H23NO2/c1-21-13-12-20(16-6-3-2-4-7-16)23-17-11-10-15-8-5-9-19(22)18(15)14-17/h2-4,6-7,10-11,14,20-21H,5,8-9,12-13H2,1H3. The van der Waals surface area contributed by atoms with Crippen LogP contribution >= 0.6 is 0 Å². The summed E-state index contributed by atoms with van der Waals surface area (Å²) in [6, 6.07) is 16.2. The molecule has 0 spiro atoms. The van der Waals surface area contributed by atoms with Gasteiger partial charge < -0.3 is 10.1 Å². The van der Waals surface area contributed by atoms with E-state index in [9.17, 15) is 4.79 Å². The van der Waals surface area contributed by atoms with Gasteiger partial charge in [-0.2, -0.15) is 0 Å². The van der Waals surface area contributed by atoms with Gasteiger partial charge in [0.05, 0.1) is 0 Å². The minimum absolute atomic E-state index is 0.0135. The fourth-order valence-corrected chi connectivity index (χ4v) is 3.08. The first-order valence-electron chi connectivity index (χ1n) is 8.30. The van der Waals surface area contributed by atoms with Crippen molar-refractivity contribution in [2.45, 2.75) is 31.8 Å². The number of rotatable bonds is 6. The molecule has 1 aliphatic rings. The lowest BCUT2D eigenvalue weighted by atomic mass is 9.90. The molecule has 0 radical (unpaired) electrons. The highest BCUT2D eigenvalue weighted by Crippen LogP contribution is 2.29. The lowest BCUT2D eigenvalue weighted by molar-refractivity contribution is 0.0971. The lowest BCUT2D eigenvalue weighted by Crippen LogP contribution is -2.17. The lowest BCUT2D eigenvalue weighted by Gasteiger charge is -2.21. The van der Waals surface area contributed by atoms with E-state index in [-0.39, 0.29) is 11.9 Å². The molecule has 3 rings (SSSR count). The third-order valence-electron chi connectivity index (χ3n) is 4.34. The van der Waals surface area contributed by atoms with Crippen LogP contribution in [0.15, 0.2) is 48.5 Å². The van der Waals surface area contributed by atoms with Crippen LogP contribution in [-0.4, -0.2) is 19.4 Å². The maximum absolute atomic E-state index is 12.1. The van der Waals surface area contributed by atoms with Gasteiger partial charge in [-0.25, -0.2) is 0 Å². The molecule has 120 valence electrons. The Hall–Kier alpha value is -2.13. The predicted octanol–water partition coefficient (Wildman–Crippen LogP) is 3.94. The van der Waals surface area contributed by atoms with Gasteiger partial charge in [-0.05, 0) is 49.7 Å².